The van der Waals surface area contributed by atoms with Gasteiger partial charge in [0.25, 0.3) is 0 Å². The van der Waals surface area contributed by atoms with Crippen LogP contribution in [-0.4, -0.2) is 9.55 Å². The summed E-state index contributed by atoms with van der Waals surface area (Å²) in [6.45, 7) is 4.71. The van der Waals surface area contributed by atoms with Crippen LogP contribution in [0.2, 0.25) is 0 Å². The van der Waals surface area contributed by atoms with Crippen LogP contribution < -0.4 is 0 Å². The molecule has 4 aromatic rings. The van der Waals surface area contributed by atoms with Gasteiger partial charge in [0, 0.05) is 24.1 Å². The molecule has 0 fully saturated rings. The largest absolute Gasteiger partial charge is 0.319 e. The molecule has 0 bridgehead atoms. The Morgan fingerprint density at radius 3 is 1.89 bits per heavy atom. The summed E-state index contributed by atoms with van der Waals surface area (Å²) in [6.07, 6.45) is 2.67. The van der Waals surface area contributed by atoms with Crippen molar-refractivity contribution in [3.05, 3.63) is 115 Å². The van der Waals surface area contributed by atoms with E-state index in [-0.39, 0.29) is 0 Å². The summed E-state index contributed by atoms with van der Waals surface area (Å²) < 4.78 is 2.33. The third-order valence-electron chi connectivity index (χ3n) is 4.64. The second-order valence-corrected chi connectivity index (χ2v) is 6.53. The van der Waals surface area contributed by atoms with E-state index in [1.54, 1.807) is 0 Å². The molecule has 0 atom stereocenters. The molecule has 0 aliphatic rings. The van der Waals surface area contributed by atoms with E-state index in [2.05, 4.69) is 90.0 Å². The third-order valence-corrected chi connectivity index (χ3v) is 4.64. The van der Waals surface area contributed by atoms with Crippen LogP contribution >= 0.6 is 0 Å². The smallest absolute Gasteiger partial charge is 0.141 e. The Morgan fingerprint density at radius 2 is 1.30 bits per heavy atom. The quantitative estimate of drug-likeness (QED) is 0.390. The summed E-state index contributed by atoms with van der Waals surface area (Å²) in [6, 6.07) is 31.5. The second-order valence-electron chi connectivity index (χ2n) is 6.53. The molecule has 0 radical (unpaired) electrons. The Kier molecular flexibility index (Phi) is 4.97. The Labute approximate surface area is 160 Å². The fourth-order valence-corrected chi connectivity index (χ4v) is 3.43. The molecule has 0 amide bonds. The number of nitrogens with zero attached hydrogens (tertiary/aromatic N) is 2. The summed E-state index contributed by atoms with van der Waals surface area (Å²) >= 11 is 0. The fourth-order valence-electron chi connectivity index (χ4n) is 3.43. The van der Waals surface area contributed by atoms with E-state index >= 15 is 0 Å². The van der Waals surface area contributed by atoms with Crippen LogP contribution in [-0.2, 0) is 13.0 Å². The lowest BCUT2D eigenvalue weighted by molar-refractivity contribution is 0.814. The van der Waals surface area contributed by atoms with Gasteiger partial charge in [0.1, 0.15) is 5.82 Å². The van der Waals surface area contributed by atoms with E-state index in [1.807, 2.05) is 18.2 Å². The number of hydrogen-bond donors (Lipinski definition) is 0. The molecule has 0 saturated heterocycles. The van der Waals surface area contributed by atoms with Gasteiger partial charge in [0.15, 0.2) is 0 Å². The summed E-state index contributed by atoms with van der Waals surface area (Å²) in [7, 11) is 0. The molecule has 132 valence electrons. The molecule has 1 heterocycles. The molecule has 0 aliphatic carbocycles. The predicted molar refractivity (Wildman–Crippen MR) is 113 cm³/mol. The third kappa shape index (κ3) is 3.61. The summed E-state index contributed by atoms with van der Waals surface area (Å²) in [4.78, 5) is 5.03. The van der Waals surface area contributed by atoms with Crippen LogP contribution in [0.5, 0.6) is 0 Å². The summed E-state index contributed by atoms with van der Waals surface area (Å²) in [5.74, 6) is 0.996. The first-order valence-electron chi connectivity index (χ1n) is 9.22. The average Bonchev–Trinajstić information content (AvgIpc) is 3.08. The Morgan fingerprint density at radius 1 is 0.741 bits per heavy atom. The topological polar surface area (TPSA) is 17.8 Å². The van der Waals surface area contributed by atoms with E-state index in [4.69, 9.17) is 4.98 Å². The van der Waals surface area contributed by atoms with Crippen molar-refractivity contribution in [2.24, 2.45) is 0 Å². The van der Waals surface area contributed by atoms with Crippen molar-refractivity contribution in [1.29, 1.82) is 0 Å². The highest BCUT2D eigenvalue weighted by Gasteiger charge is 2.19. The Bertz CT molecular complexity index is 1020. The highest BCUT2D eigenvalue weighted by Crippen LogP contribution is 2.31. The molecule has 4 rings (SSSR count). The number of rotatable bonds is 6. The maximum Gasteiger partial charge on any atom is 0.141 e. The molecule has 3 aromatic carbocycles. The van der Waals surface area contributed by atoms with Crippen LogP contribution in [0.25, 0.3) is 22.6 Å². The van der Waals surface area contributed by atoms with Crippen molar-refractivity contribution in [2.75, 3.05) is 0 Å². The van der Waals surface area contributed by atoms with Gasteiger partial charge in [-0.3, -0.25) is 0 Å². The number of allylic oxidation sites excluding steroid dienone is 1. The van der Waals surface area contributed by atoms with Crippen molar-refractivity contribution >= 4 is 0 Å². The Hall–Kier alpha value is -3.39. The maximum absolute atomic E-state index is 5.03. The highest BCUT2D eigenvalue weighted by molar-refractivity contribution is 5.69. The van der Waals surface area contributed by atoms with E-state index in [0.717, 1.165) is 30.0 Å². The van der Waals surface area contributed by atoms with Crippen LogP contribution in [0.15, 0.2) is 104 Å². The number of imidazole rings is 1. The molecular formula is C25H22N2. The minimum atomic E-state index is 0.742. The summed E-state index contributed by atoms with van der Waals surface area (Å²) in [5, 5.41) is 0. The van der Waals surface area contributed by atoms with Gasteiger partial charge in [-0.15, -0.1) is 6.58 Å². The second kappa shape index (κ2) is 7.88. The van der Waals surface area contributed by atoms with Gasteiger partial charge in [-0.05, 0) is 5.56 Å². The lowest BCUT2D eigenvalue weighted by atomic mass is 10.1. The van der Waals surface area contributed by atoms with Crippen molar-refractivity contribution in [3.63, 3.8) is 0 Å². The zero-order valence-corrected chi connectivity index (χ0v) is 15.3. The first kappa shape index (κ1) is 17.0. The van der Waals surface area contributed by atoms with Gasteiger partial charge in [-0.1, -0.05) is 97.1 Å². The summed E-state index contributed by atoms with van der Waals surface area (Å²) in [5.41, 5.74) is 5.79. The number of hydrogen-bond acceptors (Lipinski definition) is 1. The Balaban J connectivity index is 1.94. The molecule has 0 aliphatic heterocycles. The molecule has 27 heavy (non-hydrogen) atoms. The van der Waals surface area contributed by atoms with Crippen molar-refractivity contribution in [2.45, 2.75) is 13.0 Å². The van der Waals surface area contributed by atoms with Crippen molar-refractivity contribution < 1.29 is 0 Å². The minimum Gasteiger partial charge on any atom is -0.319 e. The van der Waals surface area contributed by atoms with Crippen LogP contribution in [0.4, 0.5) is 0 Å². The number of benzene rings is 3. The van der Waals surface area contributed by atoms with Gasteiger partial charge in [-0.2, -0.15) is 0 Å². The van der Waals surface area contributed by atoms with Gasteiger partial charge >= 0.3 is 0 Å². The van der Waals surface area contributed by atoms with E-state index in [9.17, 15) is 0 Å². The van der Waals surface area contributed by atoms with Crippen LogP contribution in [0, 0.1) is 0 Å². The molecule has 2 heteroatoms. The van der Waals surface area contributed by atoms with Gasteiger partial charge < -0.3 is 4.57 Å². The lowest BCUT2D eigenvalue weighted by Crippen LogP contribution is -2.04. The highest BCUT2D eigenvalue weighted by atomic mass is 15.1. The minimum absolute atomic E-state index is 0.742. The SMILES string of the molecule is C=CCc1nc(-c2ccccc2)n(Cc2ccccc2)c1-c1ccccc1. The monoisotopic (exact) mass is 350 g/mol. The molecule has 1 aromatic heterocycles. The molecule has 0 spiro atoms. The molecule has 0 N–H and O–H groups in total. The van der Waals surface area contributed by atoms with Gasteiger partial charge in [0.2, 0.25) is 0 Å². The average molecular weight is 350 g/mol. The fraction of sp³-hybridized carbons (Fsp3) is 0.0800. The van der Waals surface area contributed by atoms with Crippen molar-refractivity contribution in [3.8, 4) is 22.6 Å². The van der Waals surface area contributed by atoms with Crippen LogP contribution in [0.1, 0.15) is 11.3 Å². The maximum atomic E-state index is 5.03. The van der Waals surface area contributed by atoms with Gasteiger partial charge in [0.05, 0.1) is 11.4 Å². The first-order chi connectivity index (χ1) is 13.4. The normalized spacial score (nSPS) is 10.7. The van der Waals surface area contributed by atoms with Crippen LogP contribution in [0.3, 0.4) is 0 Å². The zero-order valence-electron chi connectivity index (χ0n) is 15.3. The van der Waals surface area contributed by atoms with E-state index in [1.165, 1.54) is 16.8 Å². The molecule has 0 unspecified atom stereocenters. The van der Waals surface area contributed by atoms with E-state index in [0.29, 0.717) is 0 Å². The molecular weight excluding hydrogens is 328 g/mol. The molecule has 2 nitrogen and oxygen atoms in total. The van der Waals surface area contributed by atoms with E-state index < -0.39 is 0 Å². The molecule has 0 saturated carbocycles. The predicted octanol–water partition coefficient (Wildman–Crippen LogP) is 5.99. The first-order valence-corrected chi connectivity index (χ1v) is 9.22. The van der Waals surface area contributed by atoms with Gasteiger partial charge in [-0.25, -0.2) is 4.98 Å². The zero-order chi connectivity index (χ0) is 18.5. The lowest BCUT2D eigenvalue weighted by Gasteiger charge is -2.13. The standard InChI is InChI=1S/C25H22N2/c1-2-12-23-24(21-15-8-4-9-16-21)27(19-20-13-6-3-7-14-20)25(26-23)22-17-10-5-11-18-22/h2-11,13-18H,1,12,19H2. The number of aromatic nitrogens is 2. The van der Waals surface area contributed by atoms with Crippen molar-refractivity contribution in [1.82, 2.24) is 9.55 Å².